The average molecular weight is 328 g/mol. The number of hydrogen-bond donors (Lipinski definition) is 2. The van der Waals surface area contributed by atoms with Crippen molar-refractivity contribution < 1.29 is 9.53 Å². The maximum atomic E-state index is 12.0. The number of aryl methyl sites for hydroxylation is 2. The monoisotopic (exact) mass is 328 g/mol. The van der Waals surface area contributed by atoms with Gasteiger partial charge in [0.15, 0.2) is 11.6 Å². The van der Waals surface area contributed by atoms with Crippen molar-refractivity contribution in [2.45, 2.75) is 58.6 Å². The Morgan fingerprint density at radius 3 is 2.92 bits per heavy atom. The molecule has 0 saturated heterocycles. The van der Waals surface area contributed by atoms with E-state index in [0.29, 0.717) is 24.3 Å². The fourth-order valence-electron chi connectivity index (χ4n) is 2.98. The van der Waals surface area contributed by atoms with Crippen molar-refractivity contribution >= 4 is 5.91 Å². The highest BCUT2D eigenvalue weighted by molar-refractivity contribution is 5.78. The van der Waals surface area contributed by atoms with E-state index in [9.17, 15) is 4.79 Å². The van der Waals surface area contributed by atoms with E-state index in [4.69, 9.17) is 4.74 Å². The molecular weight excluding hydrogens is 304 g/mol. The predicted molar refractivity (Wildman–Crippen MR) is 90.7 cm³/mol. The number of rotatable bonds is 6. The van der Waals surface area contributed by atoms with Crippen LogP contribution in [-0.4, -0.2) is 27.1 Å². The van der Waals surface area contributed by atoms with Crippen LogP contribution in [0.2, 0.25) is 0 Å². The van der Waals surface area contributed by atoms with Gasteiger partial charge in [0.05, 0.1) is 6.42 Å². The maximum Gasteiger partial charge on any atom is 0.227 e. The molecule has 1 aliphatic carbocycles. The first-order valence-electron chi connectivity index (χ1n) is 8.50. The molecule has 1 aliphatic rings. The van der Waals surface area contributed by atoms with Crippen molar-refractivity contribution in [2.75, 3.05) is 0 Å². The van der Waals surface area contributed by atoms with Crippen LogP contribution in [-0.2, 0) is 17.8 Å². The molecule has 1 heterocycles. The summed E-state index contributed by atoms with van der Waals surface area (Å²) in [5.41, 5.74) is 2.23. The second-order valence-corrected chi connectivity index (χ2v) is 6.48. The number of H-pyrrole nitrogens is 1. The quantitative estimate of drug-likeness (QED) is 0.854. The Morgan fingerprint density at radius 1 is 1.33 bits per heavy atom. The van der Waals surface area contributed by atoms with Gasteiger partial charge in [-0.15, -0.1) is 0 Å². The molecule has 6 heteroatoms. The van der Waals surface area contributed by atoms with Crippen molar-refractivity contribution in [2.24, 2.45) is 0 Å². The lowest BCUT2D eigenvalue weighted by Crippen LogP contribution is -2.33. The number of aromatic nitrogens is 3. The van der Waals surface area contributed by atoms with Crippen LogP contribution in [0.25, 0.3) is 0 Å². The topological polar surface area (TPSA) is 79.9 Å². The minimum absolute atomic E-state index is 0.0112. The van der Waals surface area contributed by atoms with Gasteiger partial charge in [0.1, 0.15) is 12.4 Å². The number of nitrogens with zero attached hydrogens (tertiary/aromatic N) is 2. The van der Waals surface area contributed by atoms with Gasteiger partial charge in [-0.1, -0.05) is 25.0 Å². The number of carbonyl (C=O) groups excluding carboxylic acids is 1. The zero-order valence-electron chi connectivity index (χ0n) is 14.3. The van der Waals surface area contributed by atoms with Crippen LogP contribution in [0.15, 0.2) is 18.2 Å². The number of nitrogens with one attached hydrogen (secondary N) is 2. The summed E-state index contributed by atoms with van der Waals surface area (Å²) in [4.78, 5) is 16.3. The molecular formula is C18H24N4O2. The molecule has 3 rings (SSSR count). The van der Waals surface area contributed by atoms with Crippen LogP contribution in [0, 0.1) is 13.8 Å². The van der Waals surface area contributed by atoms with E-state index in [0.717, 1.165) is 29.7 Å². The Bertz CT molecular complexity index is 705. The summed E-state index contributed by atoms with van der Waals surface area (Å²) in [7, 11) is 0. The molecule has 1 aromatic carbocycles. The van der Waals surface area contributed by atoms with Crippen molar-refractivity contribution in [3.05, 3.63) is 41.0 Å². The standard InChI is InChI=1S/C18H24N4O2/c1-12-7-8-13(2)15(9-12)24-11-17-20-16(21-22-17)10-18(23)19-14-5-3-4-6-14/h7-9,14H,3-6,10-11H2,1-2H3,(H,19,23)(H,20,21,22). The smallest absolute Gasteiger partial charge is 0.227 e. The third-order valence-corrected chi connectivity index (χ3v) is 4.33. The molecule has 1 aromatic heterocycles. The van der Waals surface area contributed by atoms with Crippen LogP contribution in [0.4, 0.5) is 0 Å². The van der Waals surface area contributed by atoms with Crippen molar-refractivity contribution in [1.82, 2.24) is 20.5 Å². The fraction of sp³-hybridized carbons (Fsp3) is 0.500. The summed E-state index contributed by atoms with van der Waals surface area (Å²) in [6.45, 7) is 4.34. The van der Waals surface area contributed by atoms with Gasteiger partial charge in [-0.3, -0.25) is 9.89 Å². The molecule has 2 N–H and O–H groups in total. The van der Waals surface area contributed by atoms with E-state index in [1.165, 1.54) is 12.8 Å². The van der Waals surface area contributed by atoms with Crippen molar-refractivity contribution in [3.8, 4) is 5.75 Å². The third kappa shape index (κ3) is 4.34. The lowest BCUT2D eigenvalue weighted by molar-refractivity contribution is -0.121. The molecule has 0 aliphatic heterocycles. The molecule has 1 saturated carbocycles. The normalized spacial score (nSPS) is 14.8. The van der Waals surface area contributed by atoms with Crippen LogP contribution < -0.4 is 10.1 Å². The lowest BCUT2D eigenvalue weighted by atomic mass is 10.1. The molecule has 128 valence electrons. The Hall–Kier alpha value is -2.37. The highest BCUT2D eigenvalue weighted by Crippen LogP contribution is 2.20. The maximum absolute atomic E-state index is 12.0. The summed E-state index contributed by atoms with van der Waals surface area (Å²) in [5.74, 6) is 1.96. The molecule has 6 nitrogen and oxygen atoms in total. The second-order valence-electron chi connectivity index (χ2n) is 6.48. The van der Waals surface area contributed by atoms with Gasteiger partial charge in [-0.05, 0) is 43.9 Å². The number of hydrogen-bond acceptors (Lipinski definition) is 4. The Morgan fingerprint density at radius 2 is 2.12 bits per heavy atom. The lowest BCUT2D eigenvalue weighted by Gasteiger charge is -2.10. The van der Waals surface area contributed by atoms with Gasteiger partial charge in [0, 0.05) is 6.04 Å². The van der Waals surface area contributed by atoms with E-state index in [2.05, 4.69) is 26.6 Å². The number of carbonyl (C=O) groups is 1. The summed E-state index contributed by atoms with van der Waals surface area (Å²) < 4.78 is 5.80. The average Bonchev–Trinajstić information content (AvgIpc) is 3.20. The SMILES string of the molecule is Cc1ccc(C)c(OCc2nc(CC(=O)NC3CCCC3)n[nH]2)c1. The molecule has 24 heavy (non-hydrogen) atoms. The van der Waals surface area contributed by atoms with Crippen LogP contribution >= 0.6 is 0 Å². The minimum atomic E-state index is -0.0112. The van der Waals surface area contributed by atoms with E-state index in [1.54, 1.807) is 0 Å². The summed E-state index contributed by atoms with van der Waals surface area (Å²) in [5, 5.41) is 9.99. The van der Waals surface area contributed by atoms with Crippen molar-refractivity contribution in [3.63, 3.8) is 0 Å². The Kier molecular flexibility index (Phi) is 5.13. The van der Waals surface area contributed by atoms with Crippen LogP contribution in [0.1, 0.15) is 48.5 Å². The van der Waals surface area contributed by atoms with Gasteiger partial charge in [-0.25, -0.2) is 4.98 Å². The molecule has 2 aromatic rings. The van der Waals surface area contributed by atoms with E-state index in [-0.39, 0.29) is 12.3 Å². The van der Waals surface area contributed by atoms with Crippen LogP contribution in [0.3, 0.4) is 0 Å². The highest BCUT2D eigenvalue weighted by Gasteiger charge is 2.18. The molecule has 0 spiro atoms. The third-order valence-electron chi connectivity index (χ3n) is 4.33. The van der Waals surface area contributed by atoms with Crippen LogP contribution in [0.5, 0.6) is 5.75 Å². The molecule has 0 unspecified atom stereocenters. The summed E-state index contributed by atoms with van der Waals surface area (Å²) in [6.07, 6.45) is 4.76. The first-order valence-corrected chi connectivity index (χ1v) is 8.50. The highest BCUT2D eigenvalue weighted by atomic mass is 16.5. The van der Waals surface area contributed by atoms with Gasteiger partial charge < -0.3 is 10.1 Å². The molecule has 0 atom stereocenters. The predicted octanol–water partition coefficient (Wildman–Crippen LogP) is 2.60. The number of amides is 1. The Balaban J connectivity index is 1.51. The number of aromatic amines is 1. The first-order chi connectivity index (χ1) is 11.6. The van der Waals surface area contributed by atoms with Crippen molar-refractivity contribution in [1.29, 1.82) is 0 Å². The summed E-state index contributed by atoms with van der Waals surface area (Å²) in [6, 6.07) is 6.41. The number of benzene rings is 1. The largest absolute Gasteiger partial charge is 0.485 e. The zero-order valence-corrected chi connectivity index (χ0v) is 14.3. The van der Waals surface area contributed by atoms with Gasteiger partial charge in [-0.2, -0.15) is 5.10 Å². The van der Waals surface area contributed by atoms with E-state index >= 15 is 0 Å². The molecule has 1 amide bonds. The first kappa shape index (κ1) is 16.5. The number of ether oxygens (including phenoxy) is 1. The second kappa shape index (κ2) is 7.47. The van der Waals surface area contributed by atoms with E-state index < -0.39 is 0 Å². The molecule has 0 radical (unpaired) electrons. The Labute approximate surface area is 142 Å². The zero-order chi connectivity index (χ0) is 16.9. The van der Waals surface area contributed by atoms with Gasteiger partial charge in [0.25, 0.3) is 0 Å². The summed E-state index contributed by atoms with van der Waals surface area (Å²) >= 11 is 0. The molecule has 1 fully saturated rings. The van der Waals surface area contributed by atoms with Gasteiger partial charge >= 0.3 is 0 Å². The van der Waals surface area contributed by atoms with E-state index in [1.807, 2.05) is 26.0 Å². The van der Waals surface area contributed by atoms with Gasteiger partial charge in [0.2, 0.25) is 5.91 Å². The minimum Gasteiger partial charge on any atom is -0.485 e. The fourth-order valence-corrected chi connectivity index (χ4v) is 2.98. The molecule has 0 bridgehead atoms.